The molecule has 1 unspecified atom stereocenters. The topological polar surface area (TPSA) is 65.7 Å². The predicted molar refractivity (Wildman–Crippen MR) is 119 cm³/mol. The number of hydrogen-bond acceptors (Lipinski definition) is 5. The van der Waals surface area contributed by atoms with Gasteiger partial charge in [-0.15, -0.1) is 10.2 Å². The van der Waals surface area contributed by atoms with Gasteiger partial charge in [-0.25, -0.2) is 12.9 Å². The molecule has 0 spiro atoms. The number of likely N-dealkylation sites (N-methyl/N-ethyl adjacent to an activating group) is 1. The molecule has 0 bridgehead atoms. The zero-order chi connectivity index (χ0) is 23.4. The van der Waals surface area contributed by atoms with Crippen LogP contribution in [0.2, 0.25) is 0 Å². The summed E-state index contributed by atoms with van der Waals surface area (Å²) in [5.41, 5.74) is 1.20. The highest BCUT2D eigenvalue weighted by atomic mass is 32.2. The van der Waals surface area contributed by atoms with Gasteiger partial charge < -0.3 is 9.32 Å². The van der Waals surface area contributed by atoms with Crippen LogP contribution in [0.5, 0.6) is 0 Å². The van der Waals surface area contributed by atoms with Crippen LogP contribution in [0.25, 0.3) is 11.5 Å². The van der Waals surface area contributed by atoms with Crippen LogP contribution >= 0.6 is 0 Å². The minimum Gasteiger partial charge on any atom is -0.415 e. The first-order chi connectivity index (χ1) is 16.0. The molecular formula is C22H24F3N5O2S. The Kier molecular flexibility index (Phi) is 7.41. The molecule has 2 heterocycles. The Morgan fingerprint density at radius 3 is 2.42 bits per heavy atom. The summed E-state index contributed by atoms with van der Waals surface area (Å²) in [7, 11) is 0. The predicted octanol–water partition coefficient (Wildman–Crippen LogP) is 4.04. The summed E-state index contributed by atoms with van der Waals surface area (Å²) in [6, 6.07) is 13.4. The molecule has 3 aromatic rings. The van der Waals surface area contributed by atoms with Crippen LogP contribution in [0.15, 0.2) is 52.9 Å². The first kappa shape index (κ1) is 23.4. The van der Waals surface area contributed by atoms with E-state index < -0.39 is 29.3 Å². The molecule has 11 heteroatoms. The maximum atomic E-state index is 15.0. The highest BCUT2D eigenvalue weighted by Gasteiger charge is 2.26. The first-order valence-corrected chi connectivity index (χ1v) is 11.6. The Morgan fingerprint density at radius 1 is 1.09 bits per heavy atom. The largest absolute Gasteiger partial charge is 0.415 e. The lowest BCUT2D eigenvalue weighted by molar-refractivity contribution is 0.116. The third-order valence-corrected chi connectivity index (χ3v) is 7.00. The van der Waals surface area contributed by atoms with Crippen LogP contribution in [-0.4, -0.2) is 56.3 Å². The lowest BCUT2D eigenvalue weighted by atomic mass is 10.1. The van der Waals surface area contributed by atoms with Gasteiger partial charge in [0.2, 0.25) is 5.89 Å². The number of halogens is 3. The molecule has 33 heavy (non-hydrogen) atoms. The van der Waals surface area contributed by atoms with E-state index in [-0.39, 0.29) is 18.0 Å². The maximum Gasteiger partial charge on any atom is 0.314 e. The van der Waals surface area contributed by atoms with Crippen molar-refractivity contribution in [1.82, 2.24) is 19.4 Å². The van der Waals surface area contributed by atoms with Crippen LogP contribution < -0.4 is 4.31 Å². The average molecular weight is 480 g/mol. The Balaban J connectivity index is 1.56. The smallest absolute Gasteiger partial charge is 0.314 e. The van der Waals surface area contributed by atoms with E-state index in [0.717, 1.165) is 25.7 Å². The van der Waals surface area contributed by atoms with Crippen LogP contribution in [0, 0.1) is 5.82 Å². The second-order valence-corrected chi connectivity index (χ2v) is 8.94. The second kappa shape index (κ2) is 10.4. The third kappa shape index (κ3) is 5.43. The molecule has 2 aromatic carbocycles. The number of alkyl halides is 2. The molecule has 1 fully saturated rings. The zero-order valence-electron chi connectivity index (χ0n) is 18.0. The van der Waals surface area contributed by atoms with Crippen LogP contribution in [0.3, 0.4) is 0 Å². The average Bonchev–Trinajstić information content (AvgIpc) is 3.34. The molecular weight excluding hydrogens is 455 g/mol. The lowest BCUT2D eigenvalue weighted by Crippen LogP contribution is -2.50. The van der Waals surface area contributed by atoms with Gasteiger partial charge in [0.15, 0.2) is 11.2 Å². The number of aromatic nitrogens is 2. The molecule has 1 atom stereocenters. The Labute approximate surface area is 192 Å². The van der Waals surface area contributed by atoms with E-state index in [1.165, 1.54) is 12.1 Å². The number of rotatable bonds is 8. The first-order valence-electron chi connectivity index (χ1n) is 10.6. The van der Waals surface area contributed by atoms with E-state index >= 15 is 0 Å². The van der Waals surface area contributed by atoms with Gasteiger partial charge in [-0.1, -0.05) is 31.2 Å². The minimum atomic E-state index is -2.90. The van der Waals surface area contributed by atoms with E-state index in [0.29, 0.717) is 24.3 Å². The number of nitrogens with zero attached hydrogens (tertiary/aromatic N) is 5. The summed E-state index contributed by atoms with van der Waals surface area (Å²) < 4.78 is 62.3. The van der Waals surface area contributed by atoms with Gasteiger partial charge in [0.25, 0.3) is 5.89 Å². The van der Waals surface area contributed by atoms with Crippen molar-refractivity contribution in [1.29, 1.82) is 0 Å². The van der Waals surface area contributed by atoms with Gasteiger partial charge in [0.1, 0.15) is 5.82 Å². The fourth-order valence-electron chi connectivity index (χ4n) is 3.57. The molecule has 1 saturated heterocycles. The monoisotopic (exact) mass is 479 g/mol. The molecule has 1 aliphatic heterocycles. The van der Waals surface area contributed by atoms with E-state index in [2.05, 4.69) is 22.0 Å². The van der Waals surface area contributed by atoms with Crippen LogP contribution in [0.1, 0.15) is 24.8 Å². The standard InChI is InChI=1S/C22H24F3N5O2S/c1-2-28-10-12-29(13-11-28)33(31)30(18-6-4-3-5-7-18)15-17-9-8-16(14-19(17)23)21-26-27-22(32-21)20(24)25/h3-9,14,20H,2,10-13,15H2,1H3. The summed E-state index contributed by atoms with van der Waals surface area (Å²) in [5, 5.41) is 6.83. The zero-order valence-corrected chi connectivity index (χ0v) is 18.8. The molecule has 1 aromatic heterocycles. The quantitative estimate of drug-likeness (QED) is 0.488. The van der Waals surface area contributed by atoms with E-state index in [9.17, 15) is 17.4 Å². The Hall–Kier alpha value is -2.76. The van der Waals surface area contributed by atoms with Crippen LogP contribution in [-0.2, 0) is 17.7 Å². The molecule has 4 rings (SSSR count). The van der Waals surface area contributed by atoms with Crippen LogP contribution in [0.4, 0.5) is 18.9 Å². The van der Waals surface area contributed by atoms with E-state index in [1.807, 2.05) is 34.6 Å². The molecule has 1 aliphatic rings. The molecule has 0 saturated carbocycles. The summed E-state index contributed by atoms with van der Waals surface area (Å²) in [6.45, 7) is 6.03. The summed E-state index contributed by atoms with van der Waals surface area (Å²) in [4.78, 5) is 2.29. The normalized spacial score (nSPS) is 16.3. The van der Waals surface area contributed by atoms with Gasteiger partial charge in [-0.2, -0.15) is 8.78 Å². The van der Waals surface area contributed by atoms with Gasteiger partial charge in [-0.05, 0) is 30.8 Å². The molecule has 7 nitrogen and oxygen atoms in total. The van der Waals surface area contributed by atoms with Crippen molar-refractivity contribution < 1.29 is 21.8 Å². The van der Waals surface area contributed by atoms with Crippen molar-refractivity contribution >= 4 is 16.9 Å². The minimum absolute atomic E-state index is 0.0584. The van der Waals surface area contributed by atoms with E-state index in [1.54, 1.807) is 4.31 Å². The van der Waals surface area contributed by atoms with E-state index in [4.69, 9.17) is 4.42 Å². The summed E-state index contributed by atoms with van der Waals surface area (Å²) >= 11 is -1.52. The Morgan fingerprint density at radius 2 is 1.82 bits per heavy atom. The van der Waals surface area contributed by atoms with Gasteiger partial charge in [0.05, 0.1) is 12.2 Å². The molecule has 0 radical (unpaired) electrons. The second-order valence-electron chi connectivity index (χ2n) is 7.52. The molecule has 0 amide bonds. The van der Waals surface area contributed by atoms with Crippen molar-refractivity contribution in [3.8, 4) is 11.5 Å². The fourth-order valence-corrected chi connectivity index (χ4v) is 4.88. The van der Waals surface area contributed by atoms with Crippen molar-refractivity contribution in [3.05, 3.63) is 65.8 Å². The highest BCUT2D eigenvalue weighted by molar-refractivity contribution is 7.84. The number of benzene rings is 2. The maximum absolute atomic E-state index is 15.0. The third-order valence-electron chi connectivity index (χ3n) is 5.47. The fraction of sp³-hybridized carbons (Fsp3) is 0.364. The SMILES string of the molecule is CCN1CCN(S(=O)N(Cc2ccc(-c3nnc(C(F)F)o3)cc2F)c2ccccc2)CC1. The van der Waals surface area contributed by atoms with Gasteiger partial charge in [0, 0.05) is 37.3 Å². The lowest BCUT2D eigenvalue weighted by Gasteiger charge is -2.36. The van der Waals surface area contributed by atoms with Crippen molar-refractivity contribution in [3.63, 3.8) is 0 Å². The molecule has 176 valence electrons. The number of anilines is 1. The molecule has 0 aliphatic carbocycles. The summed E-state index contributed by atoms with van der Waals surface area (Å²) in [6.07, 6.45) is -2.90. The number of para-hydroxylation sites is 1. The highest BCUT2D eigenvalue weighted by Crippen LogP contribution is 2.27. The van der Waals surface area contributed by atoms with Gasteiger partial charge >= 0.3 is 6.43 Å². The Bertz CT molecular complexity index is 1090. The molecule has 0 N–H and O–H groups in total. The van der Waals surface area contributed by atoms with Crippen molar-refractivity contribution in [2.75, 3.05) is 37.0 Å². The van der Waals surface area contributed by atoms with Crippen molar-refractivity contribution in [2.24, 2.45) is 0 Å². The number of hydrogen-bond donors (Lipinski definition) is 0. The summed E-state index contributed by atoms with van der Waals surface area (Å²) in [5.74, 6) is -1.59. The van der Waals surface area contributed by atoms with Gasteiger partial charge in [-0.3, -0.25) is 4.31 Å². The van der Waals surface area contributed by atoms with Crippen molar-refractivity contribution in [2.45, 2.75) is 19.9 Å². The number of piperazine rings is 1.